The third-order valence-corrected chi connectivity index (χ3v) is 6.81. The molecule has 6 heteroatoms. The predicted molar refractivity (Wildman–Crippen MR) is 131 cm³/mol. The van der Waals surface area contributed by atoms with Crippen molar-refractivity contribution in [2.45, 2.75) is 40.0 Å². The Kier molecular flexibility index (Phi) is 5.44. The highest BCUT2D eigenvalue weighted by Crippen LogP contribution is 2.29. The van der Waals surface area contributed by atoms with Gasteiger partial charge in [-0.15, -0.1) is 0 Å². The topological polar surface area (TPSA) is 75.7 Å². The van der Waals surface area contributed by atoms with Crippen LogP contribution in [0.15, 0.2) is 56.3 Å². The number of anilines is 2. The molecule has 0 saturated carbocycles. The molecule has 1 fully saturated rings. The van der Waals surface area contributed by atoms with E-state index in [1.165, 1.54) is 18.5 Å². The van der Waals surface area contributed by atoms with Crippen LogP contribution in [0.3, 0.4) is 0 Å². The number of carbonyl (C=O) groups excluding carboxylic acids is 1. The van der Waals surface area contributed by atoms with Crippen molar-refractivity contribution < 1.29 is 13.6 Å². The molecule has 0 aliphatic carbocycles. The number of amides is 1. The maximum atomic E-state index is 12.8. The number of piperidine rings is 1. The minimum Gasteiger partial charge on any atom is -0.464 e. The number of aryl methyl sites for hydroxylation is 2. The van der Waals surface area contributed by atoms with Gasteiger partial charge < -0.3 is 19.1 Å². The highest BCUT2D eigenvalue weighted by molar-refractivity contribution is 5.97. The van der Waals surface area contributed by atoms with Crippen LogP contribution in [-0.2, 0) is 11.2 Å². The highest BCUT2D eigenvalue weighted by atomic mass is 16.4. The molecular formula is C27H28N2O4. The summed E-state index contributed by atoms with van der Waals surface area (Å²) in [7, 11) is 0. The first-order valence-electron chi connectivity index (χ1n) is 11.5. The smallest absolute Gasteiger partial charge is 0.340 e. The quantitative estimate of drug-likeness (QED) is 0.416. The second kappa shape index (κ2) is 8.43. The zero-order valence-electron chi connectivity index (χ0n) is 19.2. The van der Waals surface area contributed by atoms with E-state index in [4.69, 9.17) is 8.83 Å². The lowest BCUT2D eigenvalue weighted by Crippen LogP contribution is -2.32. The van der Waals surface area contributed by atoms with Gasteiger partial charge in [-0.1, -0.05) is 6.92 Å². The molecule has 5 rings (SSSR count). The number of nitrogens with one attached hydrogen (secondary N) is 1. The van der Waals surface area contributed by atoms with Gasteiger partial charge in [0.2, 0.25) is 5.91 Å². The molecule has 2 aromatic carbocycles. The van der Waals surface area contributed by atoms with Crippen LogP contribution in [0.5, 0.6) is 0 Å². The first-order valence-corrected chi connectivity index (χ1v) is 11.5. The maximum Gasteiger partial charge on any atom is 0.340 e. The molecule has 1 amide bonds. The molecule has 2 aromatic heterocycles. The zero-order valence-corrected chi connectivity index (χ0v) is 19.2. The molecule has 0 spiro atoms. The lowest BCUT2D eigenvalue weighted by atomic mass is 9.99. The van der Waals surface area contributed by atoms with Crippen molar-refractivity contribution in [1.29, 1.82) is 0 Å². The first kappa shape index (κ1) is 21.3. The summed E-state index contributed by atoms with van der Waals surface area (Å²) in [5, 5.41) is 4.70. The molecule has 170 valence electrons. The van der Waals surface area contributed by atoms with E-state index in [1.54, 1.807) is 12.3 Å². The van der Waals surface area contributed by atoms with Gasteiger partial charge >= 0.3 is 5.63 Å². The predicted octanol–water partition coefficient (Wildman–Crippen LogP) is 5.57. The van der Waals surface area contributed by atoms with Crippen LogP contribution in [0, 0.1) is 19.8 Å². The zero-order chi connectivity index (χ0) is 23.1. The molecule has 1 aliphatic heterocycles. The van der Waals surface area contributed by atoms with Crippen molar-refractivity contribution >= 4 is 39.2 Å². The number of carbonyl (C=O) groups is 1. The Balaban J connectivity index is 1.34. The van der Waals surface area contributed by atoms with E-state index < -0.39 is 5.63 Å². The first-order chi connectivity index (χ1) is 15.9. The van der Waals surface area contributed by atoms with E-state index in [0.717, 1.165) is 40.9 Å². The van der Waals surface area contributed by atoms with E-state index in [1.807, 2.05) is 44.2 Å². The second-order valence-corrected chi connectivity index (χ2v) is 9.20. The normalized spacial score (nSPS) is 14.8. The average Bonchev–Trinajstić information content (AvgIpc) is 3.16. The highest BCUT2D eigenvalue weighted by Gasteiger charge is 2.18. The van der Waals surface area contributed by atoms with Gasteiger partial charge in [-0.2, -0.15) is 0 Å². The van der Waals surface area contributed by atoms with E-state index in [9.17, 15) is 9.59 Å². The molecule has 3 heterocycles. The molecule has 0 bridgehead atoms. The molecule has 33 heavy (non-hydrogen) atoms. The maximum absolute atomic E-state index is 12.8. The Bertz CT molecular complexity index is 1390. The summed E-state index contributed by atoms with van der Waals surface area (Å²) in [6, 6.07) is 11.6. The fourth-order valence-electron chi connectivity index (χ4n) is 4.63. The number of fused-ring (bicyclic) bond motifs is 2. The Hall–Kier alpha value is -3.54. The Morgan fingerprint density at radius 3 is 2.52 bits per heavy atom. The monoisotopic (exact) mass is 444 g/mol. The second-order valence-electron chi connectivity index (χ2n) is 9.20. The molecule has 0 atom stereocenters. The van der Waals surface area contributed by atoms with E-state index in [0.29, 0.717) is 22.4 Å². The van der Waals surface area contributed by atoms with Crippen molar-refractivity contribution in [3.63, 3.8) is 0 Å². The fraction of sp³-hybridized carbons (Fsp3) is 0.333. The lowest BCUT2D eigenvalue weighted by Gasteiger charge is -2.32. The van der Waals surface area contributed by atoms with Crippen molar-refractivity contribution in [3.8, 4) is 0 Å². The number of rotatable bonds is 4. The Labute approximate surface area is 192 Å². The van der Waals surface area contributed by atoms with Gasteiger partial charge in [-0.05, 0) is 74.1 Å². The number of hydrogen-bond donors (Lipinski definition) is 1. The summed E-state index contributed by atoms with van der Waals surface area (Å²) < 4.78 is 11.1. The van der Waals surface area contributed by atoms with Gasteiger partial charge in [0.15, 0.2) is 0 Å². The van der Waals surface area contributed by atoms with E-state index in [2.05, 4.69) is 17.1 Å². The lowest BCUT2D eigenvalue weighted by molar-refractivity contribution is -0.115. The Morgan fingerprint density at radius 1 is 1.06 bits per heavy atom. The van der Waals surface area contributed by atoms with Gasteiger partial charge in [0.25, 0.3) is 0 Å². The van der Waals surface area contributed by atoms with Crippen LogP contribution in [0.2, 0.25) is 0 Å². The molecule has 0 unspecified atom stereocenters. The van der Waals surface area contributed by atoms with E-state index in [-0.39, 0.29) is 12.3 Å². The Morgan fingerprint density at radius 2 is 1.79 bits per heavy atom. The van der Waals surface area contributed by atoms with Crippen molar-refractivity contribution in [3.05, 3.63) is 69.8 Å². The van der Waals surface area contributed by atoms with Gasteiger partial charge in [0.1, 0.15) is 11.2 Å². The van der Waals surface area contributed by atoms with Gasteiger partial charge in [0, 0.05) is 41.3 Å². The van der Waals surface area contributed by atoms with Crippen molar-refractivity contribution in [2.24, 2.45) is 5.92 Å². The minimum atomic E-state index is -0.493. The van der Waals surface area contributed by atoms with Gasteiger partial charge in [-0.25, -0.2) is 4.79 Å². The molecule has 4 aromatic rings. The largest absolute Gasteiger partial charge is 0.464 e. The van der Waals surface area contributed by atoms with Gasteiger partial charge in [0.05, 0.1) is 18.2 Å². The van der Waals surface area contributed by atoms with Crippen molar-refractivity contribution in [2.75, 3.05) is 23.3 Å². The summed E-state index contributed by atoms with van der Waals surface area (Å²) in [5.74, 6) is 0.538. The summed E-state index contributed by atoms with van der Waals surface area (Å²) in [6.45, 7) is 8.25. The third-order valence-electron chi connectivity index (χ3n) is 6.81. The number of hydrogen-bond acceptors (Lipinski definition) is 5. The third kappa shape index (κ3) is 4.13. The van der Waals surface area contributed by atoms with E-state index >= 15 is 0 Å². The van der Waals surface area contributed by atoms with Crippen LogP contribution >= 0.6 is 0 Å². The number of benzene rings is 2. The molecule has 1 saturated heterocycles. The molecule has 1 N–H and O–H groups in total. The van der Waals surface area contributed by atoms with Crippen LogP contribution < -0.4 is 15.8 Å². The fourth-order valence-corrected chi connectivity index (χ4v) is 4.63. The molecule has 6 nitrogen and oxygen atoms in total. The van der Waals surface area contributed by atoms with Crippen LogP contribution in [0.1, 0.15) is 36.5 Å². The summed E-state index contributed by atoms with van der Waals surface area (Å²) in [6.07, 6.45) is 4.05. The summed E-state index contributed by atoms with van der Waals surface area (Å²) in [4.78, 5) is 27.8. The van der Waals surface area contributed by atoms with Crippen LogP contribution in [0.25, 0.3) is 21.9 Å². The summed E-state index contributed by atoms with van der Waals surface area (Å²) in [5.41, 5.74) is 4.68. The van der Waals surface area contributed by atoms with Crippen LogP contribution in [-0.4, -0.2) is 19.0 Å². The molecule has 0 radical (unpaired) electrons. The minimum absolute atomic E-state index is 0.0434. The average molecular weight is 445 g/mol. The number of nitrogens with zero attached hydrogens (tertiary/aromatic N) is 1. The standard InChI is InChI=1S/C27H28N2O4/c1-16-8-10-29(11-9-16)20-6-4-19(5-7-20)28-26(30)13-23-18(3)22-12-21-17(2)15-32-24(21)14-25(22)33-27(23)31/h4-7,12,14-16H,8-11,13H2,1-3H3,(H,28,30). The van der Waals surface area contributed by atoms with Gasteiger partial charge in [-0.3, -0.25) is 4.79 Å². The number of furan rings is 1. The molecule has 1 aliphatic rings. The van der Waals surface area contributed by atoms with Crippen LogP contribution in [0.4, 0.5) is 11.4 Å². The summed E-state index contributed by atoms with van der Waals surface area (Å²) >= 11 is 0. The SMILES string of the molecule is Cc1coc2cc3oc(=O)c(CC(=O)Nc4ccc(N5CCC(C)CC5)cc4)c(C)c3cc12. The van der Waals surface area contributed by atoms with Crippen molar-refractivity contribution in [1.82, 2.24) is 0 Å². The molecular weight excluding hydrogens is 416 g/mol.